The second-order valence-electron chi connectivity index (χ2n) is 4.02. The smallest absolute Gasteiger partial charge is 0.339 e. The van der Waals surface area contributed by atoms with Gasteiger partial charge in [-0.15, -0.1) is 0 Å². The third-order valence-electron chi connectivity index (χ3n) is 2.51. The van der Waals surface area contributed by atoms with E-state index in [9.17, 15) is 14.9 Å². The van der Waals surface area contributed by atoms with Gasteiger partial charge in [0.05, 0.1) is 4.92 Å². The van der Waals surface area contributed by atoms with E-state index in [4.69, 9.17) is 9.84 Å². The Kier molecular flexibility index (Phi) is 3.60. The Labute approximate surface area is 113 Å². The number of nitro groups is 1. The molecule has 1 N–H and O–H groups in total. The molecule has 1 heterocycles. The highest BCUT2D eigenvalue weighted by Gasteiger charge is 2.13. The van der Waals surface area contributed by atoms with Gasteiger partial charge in [0.15, 0.2) is 0 Å². The molecule has 0 aliphatic carbocycles. The molecule has 0 atom stereocenters. The van der Waals surface area contributed by atoms with Gasteiger partial charge >= 0.3 is 5.97 Å². The van der Waals surface area contributed by atoms with E-state index in [1.807, 2.05) is 0 Å². The molecule has 0 bridgehead atoms. The fraction of sp³-hybridized carbons (Fsp3) is 0.0769. The number of carboxylic acid groups (broad SMARTS) is 1. The van der Waals surface area contributed by atoms with Crippen molar-refractivity contribution in [1.82, 2.24) is 4.98 Å². The number of aromatic nitrogens is 1. The Morgan fingerprint density at radius 3 is 2.65 bits per heavy atom. The first kappa shape index (κ1) is 13.5. The van der Waals surface area contributed by atoms with Crippen LogP contribution in [0.25, 0.3) is 0 Å². The highest BCUT2D eigenvalue weighted by Crippen LogP contribution is 2.26. The van der Waals surface area contributed by atoms with Crippen molar-refractivity contribution in [3.8, 4) is 11.6 Å². The average molecular weight is 274 g/mol. The lowest BCUT2D eigenvalue weighted by Crippen LogP contribution is -2.01. The van der Waals surface area contributed by atoms with Crippen LogP contribution in [0.5, 0.6) is 11.6 Å². The second kappa shape index (κ2) is 5.35. The SMILES string of the molecule is Cc1ccc(Oc2ccc([N+](=O)[O-])cn2)c(C(=O)O)c1. The molecule has 7 nitrogen and oxygen atoms in total. The van der Waals surface area contributed by atoms with Crippen molar-refractivity contribution < 1.29 is 19.6 Å². The zero-order valence-corrected chi connectivity index (χ0v) is 10.4. The quantitative estimate of drug-likeness (QED) is 0.679. The van der Waals surface area contributed by atoms with Crippen molar-refractivity contribution in [2.45, 2.75) is 6.92 Å². The first-order valence-corrected chi connectivity index (χ1v) is 5.59. The van der Waals surface area contributed by atoms with Gasteiger partial charge in [0.1, 0.15) is 17.5 Å². The first-order chi connectivity index (χ1) is 9.47. The number of aromatic carboxylic acids is 1. The minimum Gasteiger partial charge on any atom is -0.478 e. The molecular weight excluding hydrogens is 264 g/mol. The number of hydrogen-bond acceptors (Lipinski definition) is 5. The maximum Gasteiger partial charge on any atom is 0.339 e. The van der Waals surface area contributed by atoms with Gasteiger partial charge in [0.2, 0.25) is 5.88 Å². The van der Waals surface area contributed by atoms with E-state index in [2.05, 4.69) is 4.98 Å². The van der Waals surface area contributed by atoms with Gasteiger partial charge in [-0.2, -0.15) is 0 Å². The second-order valence-corrected chi connectivity index (χ2v) is 4.02. The Bertz CT molecular complexity index is 667. The minimum absolute atomic E-state index is 0.00477. The van der Waals surface area contributed by atoms with Crippen LogP contribution >= 0.6 is 0 Å². The van der Waals surface area contributed by atoms with Crippen molar-refractivity contribution in [3.63, 3.8) is 0 Å². The topological polar surface area (TPSA) is 103 Å². The largest absolute Gasteiger partial charge is 0.478 e. The third kappa shape index (κ3) is 2.89. The molecule has 0 aliphatic heterocycles. The summed E-state index contributed by atoms with van der Waals surface area (Å²) in [7, 11) is 0. The highest BCUT2D eigenvalue weighted by molar-refractivity contribution is 5.91. The Morgan fingerprint density at radius 1 is 1.35 bits per heavy atom. The first-order valence-electron chi connectivity index (χ1n) is 5.59. The zero-order valence-electron chi connectivity index (χ0n) is 10.4. The maximum atomic E-state index is 11.1. The highest BCUT2D eigenvalue weighted by atomic mass is 16.6. The monoisotopic (exact) mass is 274 g/mol. The Morgan fingerprint density at radius 2 is 2.10 bits per heavy atom. The Hall–Kier alpha value is -2.96. The van der Waals surface area contributed by atoms with Crippen LogP contribution in [0, 0.1) is 17.0 Å². The van der Waals surface area contributed by atoms with Gasteiger partial charge in [0.25, 0.3) is 5.69 Å². The molecule has 2 aromatic rings. The molecule has 0 saturated heterocycles. The van der Waals surface area contributed by atoms with E-state index in [1.165, 1.54) is 24.3 Å². The lowest BCUT2D eigenvalue weighted by Gasteiger charge is -2.08. The molecule has 2 rings (SSSR count). The molecule has 0 spiro atoms. The van der Waals surface area contributed by atoms with Gasteiger partial charge in [-0.05, 0) is 19.1 Å². The number of nitrogens with zero attached hydrogens (tertiary/aromatic N) is 2. The predicted molar refractivity (Wildman–Crippen MR) is 69.1 cm³/mol. The summed E-state index contributed by atoms with van der Waals surface area (Å²) in [6.07, 6.45) is 1.05. The van der Waals surface area contributed by atoms with E-state index < -0.39 is 10.9 Å². The molecule has 0 unspecified atom stereocenters. The summed E-state index contributed by atoms with van der Waals surface area (Å²) in [5, 5.41) is 19.6. The van der Waals surface area contributed by atoms with E-state index >= 15 is 0 Å². The molecule has 102 valence electrons. The Balaban J connectivity index is 2.30. The molecular formula is C13H10N2O5. The summed E-state index contributed by atoms with van der Waals surface area (Å²) >= 11 is 0. The van der Waals surface area contributed by atoms with Crippen LogP contribution in [-0.4, -0.2) is 21.0 Å². The van der Waals surface area contributed by atoms with Gasteiger partial charge in [-0.1, -0.05) is 11.6 Å². The summed E-state index contributed by atoms with van der Waals surface area (Å²) in [5.74, 6) is -0.906. The number of rotatable bonds is 4. The number of carboxylic acids is 1. The van der Waals surface area contributed by atoms with Crippen molar-refractivity contribution in [2.24, 2.45) is 0 Å². The molecule has 0 saturated carbocycles. The van der Waals surface area contributed by atoms with Crippen LogP contribution in [-0.2, 0) is 0 Å². The number of carbonyl (C=O) groups is 1. The van der Waals surface area contributed by atoms with E-state index in [0.29, 0.717) is 0 Å². The van der Waals surface area contributed by atoms with Crippen LogP contribution in [0.4, 0.5) is 5.69 Å². The lowest BCUT2D eigenvalue weighted by atomic mass is 10.1. The zero-order chi connectivity index (χ0) is 14.7. The van der Waals surface area contributed by atoms with E-state index in [1.54, 1.807) is 13.0 Å². The summed E-state index contributed by atoms with van der Waals surface area (Å²) in [5.41, 5.74) is 0.622. The van der Waals surface area contributed by atoms with E-state index in [0.717, 1.165) is 11.8 Å². The standard InChI is InChI=1S/C13H10N2O5/c1-8-2-4-11(10(6-8)13(16)17)20-12-5-3-9(7-14-12)15(18)19/h2-7H,1H3,(H,16,17). The van der Waals surface area contributed by atoms with Crippen LogP contribution in [0.2, 0.25) is 0 Å². The number of benzene rings is 1. The predicted octanol–water partition coefficient (Wildman–Crippen LogP) is 2.79. The van der Waals surface area contributed by atoms with Gasteiger partial charge < -0.3 is 9.84 Å². The van der Waals surface area contributed by atoms with Gasteiger partial charge in [-0.3, -0.25) is 10.1 Å². The van der Waals surface area contributed by atoms with Crippen molar-refractivity contribution in [1.29, 1.82) is 0 Å². The average Bonchev–Trinajstić information content (AvgIpc) is 2.41. The fourth-order valence-corrected chi connectivity index (χ4v) is 1.55. The molecule has 0 radical (unpaired) electrons. The van der Waals surface area contributed by atoms with Crippen LogP contribution in [0.3, 0.4) is 0 Å². The molecule has 0 aliphatic rings. The van der Waals surface area contributed by atoms with Gasteiger partial charge in [-0.25, -0.2) is 9.78 Å². The third-order valence-corrected chi connectivity index (χ3v) is 2.51. The fourth-order valence-electron chi connectivity index (χ4n) is 1.55. The lowest BCUT2D eigenvalue weighted by molar-refractivity contribution is -0.385. The summed E-state index contributed by atoms with van der Waals surface area (Å²) in [6, 6.07) is 7.23. The normalized spacial score (nSPS) is 10.1. The van der Waals surface area contributed by atoms with E-state index in [-0.39, 0.29) is 22.9 Å². The van der Waals surface area contributed by atoms with Crippen LogP contribution < -0.4 is 4.74 Å². The molecule has 1 aromatic carbocycles. The van der Waals surface area contributed by atoms with Gasteiger partial charge in [0, 0.05) is 12.1 Å². The van der Waals surface area contributed by atoms with Crippen molar-refractivity contribution in [2.75, 3.05) is 0 Å². The number of hydrogen-bond donors (Lipinski definition) is 1. The number of ether oxygens (including phenoxy) is 1. The summed E-state index contributed by atoms with van der Waals surface area (Å²) in [4.78, 5) is 24.8. The molecule has 7 heteroatoms. The molecule has 1 aromatic heterocycles. The molecule has 20 heavy (non-hydrogen) atoms. The number of pyridine rings is 1. The minimum atomic E-state index is -1.12. The molecule has 0 fully saturated rings. The van der Waals surface area contributed by atoms with Crippen LogP contribution in [0.15, 0.2) is 36.5 Å². The summed E-state index contributed by atoms with van der Waals surface area (Å²) < 4.78 is 5.35. The maximum absolute atomic E-state index is 11.1. The summed E-state index contributed by atoms with van der Waals surface area (Å²) in [6.45, 7) is 1.76. The van der Waals surface area contributed by atoms with Crippen LogP contribution in [0.1, 0.15) is 15.9 Å². The van der Waals surface area contributed by atoms with Crippen molar-refractivity contribution >= 4 is 11.7 Å². The molecule has 0 amide bonds. The van der Waals surface area contributed by atoms with Crippen molar-refractivity contribution in [3.05, 3.63) is 57.8 Å². The number of aryl methyl sites for hydroxylation is 1.